The van der Waals surface area contributed by atoms with Crippen molar-refractivity contribution in [2.75, 3.05) is 45.8 Å². The molecule has 128 valence electrons. The fourth-order valence-corrected chi connectivity index (χ4v) is 2.81. The quantitative estimate of drug-likeness (QED) is 0.778. The molecule has 0 aromatic rings. The van der Waals surface area contributed by atoms with Gasteiger partial charge in [0.15, 0.2) is 0 Å². The van der Waals surface area contributed by atoms with E-state index in [1.807, 2.05) is 23.6 Å². The highest BCUT2D eigenvalue weighted by molar-refractivity contribution is 5.78. The van der Waals surface area contributed by atoms with Crippen LogP contribution in [-0.2, 0) is 9.59 Å². The van der Waals surface area contributed by atoms with Gasteiger partial charge in [-0.15, -0.1) is 0 Å². The molecule has 1 rings (SSSR count). The van der Waals surface area contributed by atoms with Crippen molar-refractivity contribution in [1.82, 2.24) is 14.7 Å². The summed E-state index contributed by atoms with van der Waals surface area (Å²) in [5.41, 5.74) is 0.0296. The van der Waals surface area contributed by atoms with Gasteiger partial charge in [0.2, 0.25) is 11.8 Å². The predicted molar refractivity (Wildman–Crippen MR) is 89.6 cm³/mol. The molecular formula is C17H33N3O2. The predicted octanol–water partition coefficient (Wildman–Crippen LogP) is 1.83. The first-order valence-electron chi connectivity index (χ1n) is 8.54. The average molecular weight is 311 g/mol. The summed E-state index contributed by atoms with van der Waals surface area (Å²) in [7, 11) is 0. The molecule has 1 saturated heterocycles. The molecule has 0 spiro atoms. The molecular weight excluding hydrogens is 278 g/mol. The minimum absolute atomic E-state index is 0.0296. The highest BCUT2D eigenvalue weighted by Crippen LogP contribution is 2.20. The molecule has 5 nitrogen and oxygen atoms in total. The van der Waals surface area contributed by atoms with Crippen molar-refractivity contribution in [3.8, 4) is 0 Å². The van der Waals surface area contributed by atoms with E-state index in [-0.39, 0.29) is 17.2 Å². The molecule has 1 aliphatic heterocycles. The van der Waals surface area contributed by atoms with E-state index in [0.717, 1.165) is 45.7 Å². The summed E-state index contributed by atoms with van der Waals surface area (Å²) in [4.78, 5) is 30.5. The highest BCUT2D eigenvalue weighted by Gasteiger charge is 2.24. The number of hydrogen-bond donors (Lipinski definition) is 0. The molecule has 1 aliphatic rings. The van der Waals surface area contributed by atoms with Crippen LogP contribution < -0.4 is 0 Å². The second-order valence-corrected chi connectivity index (χ2v) is 7.31. The molecule has 0 atom stereocenters. The van der Waals surface area contributed by atoms with E-state index < -0.39 is 0 Å². The van der Waals surface area contributed by atoms with E-state index in [1.165, 1.54) is 0 Å². The Kier molecular flexibility index (Phi) is 7.33. The zero-order valence-corrected chi connectivity index (χ0v) is 15.0. The van der Waals surface area contributed by atoms with Crippen molar-refractivity contribution >= 4 is 11.8 Å². The van der Waals surface area contributed by atoms with Crippen molar-refractivity contribution in [1.29, 1.82) is 0 Å². The maximum atomic E-state index is 12.3. The lowest BCUT2D eigenvalue weighted by atomic mass is 9.91. The van der Waals surface area contributed by atoms with E-state index >= 15 is 0 Å². The maximum absolute atomic E-state index is 12.3. The standard InChI is InChI=1S/C17H33N3O2/c1-6-19(7-2)16(22)14-18-9-8-10-20(12-11-18)15(21)13-17(3,4)5/h6-14H2,1-5H3. The van der Waals surface area contributed by atoms with Gasteiger partial charge in [-0.05, 0) is 25.7 Å². The summed E-state index contributed by atoms with van der Waals surface area (Å²) in [6.45, 7) is 15.5. The minimum atomic E-state index is 0.0296. The lowest BCUT2D eigenvalue weighted by Crippen LogP contribution is -2.42. The summed E-state index contributed by atoms with van der Waals surface area (Å²) in [5, 5.41) is 0. The summed E-state index contributed by atoms with van der Waals surface area (Å²) in [5.74, 6) is 0.434. The average Bonchev–Trinajstić information content (AvgIpc) is 2.64. The number of amides is 2. The molecule has 0 aromatic carbocycles. The maximum Gasteiger partial charge on any atom is 0.236 e. The Bertz CT molecular complexity index is 373. The second-order valence-electron chi connectivity index (χ2n) is 7.31. The van der Waals surface area contributed by atoms with Crippen LogP contribution in [0.1, 0.15) is 47.5 Å². The Balaban J connectivity index is 2.49. The van der Waals surface area contributed by atoms with Crippen LogP contribution in [0.5, 0.6) is 0 Å². The van der Waals surface area contributed by atoms with Crippen molar-refractivity contribution in [3.05, 3.63) is 0 Å². The van der Waals surface area contributed by atoms with Gasteiger partial charge >= 0.3 is 0 Å². The van der Waals surface area contributed by atoms with Crippen LogP contribution in [0.2, 0.25) is 0 Å². The van der Waals surface area contributed by atoms with Gasteiger partial charge in [0.05, 0.1) is 6.54 Å². The fraction of sp³-hybridized carbons (Fsp3) is 0.882. The summed E-state index contributed by atoms with van der Waals surface area (Å²) >= 11 is 0. The third-order valence-electron chi connectivity index (χ3n) is 4.10. The molecule has 0 N–H and O–H groups in total. The first kappa shape index (κ1) is 18.9. The number of likely N-dealkylation sites (N-methyl/N-ethyl adjacent to an activating group) is 1. The largest absolute Gasteiger partial charge is 0.342 e. The van der Waals surface area contributed by atoms with Gasteiger partial charge in [0.25, 0.3) is 0 Å². The molecule has 0 saturated carbocycles. The Morgan fingerprint density at radius 3 is 2.18 bits per heavy atom. The molecule has 22 heavy (non-hydrogen) atoms. The molecule has 0 aliphatic carbocycles. The molecule has 0 unspecified atom stereocenters. The van der Waals surface area contributed by atoms with E-state index in [0.29, 0.717) is 13.0 Å². The lowest BCUT2D eigenvalue weighted by Gasteiger charge is -2.26. The summed E-state index contributed by atoms with van der Waals surface area (Å²) in [6, 6.07) is 0. The Hall–Kier alpha value is -1.10. The summed E-state index contributed by atoms with van der Waals surface area (Å²) < 4.78 is 0. The molecule has 0 radical (unpaired) electrons. The number of carbonyl (C=O) groups is 2. The zero-order chi connectivity index (χ0) is 16.8. The molecule has 1 heterocycles. The van der Waals surface area contributed by atoms with Crippen LogP contribution in [0.15, 0.2) is 0 Å². The van der Waals surface area contributed by atoms with Gasteiger partial charge in [-0.2, -0.15) is 0 Å². The van der Waals surface area contributed by atoms with Gasteiger partial charge in [0, 0.05) is 45.7 Å². The Morgan fingerprint density at radius 2 is 1.64 bits per heavy atom. The topological polar surface area (TPSA) is 43.9 Å². The summed E-state index contributed by atoms with van der Waals surface area (Å²) in [6.07, 6.45) is 1.53. The van der Waals surface area contributed by atoms with E-state index in [2.05, 4.69) is 25.7 Å². The molecule has 5 heteroatoms. The third kappa shape index (κ3) is 6.34. The monoisotopic (exact) mass is 311 g/mol. The van der Waals surface area contributed by atoms with Gasteiger partial charge < -0.3 is 9.80 Å². The first-order chi connectivity index (χ1) is 10.3. The lowest BCUT2D eigenvalue weighted by molar-refractivity contribution is -0.132. The zero-order valence-electron chi connectivity index (χ0n) is 15.0. The molecule has 1 fully saturated rings. The Morgan fingerprint density at radius 1 is 1.00 bits per heavy atom. The van der Waals surface area contributed by atoms with Gasteiger partial charge in [-0.25, -0.2) is 0 Å². The number of nitrogens with zero attached hydrogens (tertiary/aromatic N) is 3. The number of hydrogen-bond acceptors (Lipinski definition) is 3. The molecule has 2 amide bonds. The second kappa shape index (κ2) is 8.51. The number of carbonyl (C=O) groups excluding carboxylic acids is 2. The number of rotatable bonds is 5. The fourth-order valence-electron chi connectivity index (χ4n) is 2.81. The Labute approximate surface area is 135 Å². The van der Waals surface area contributed by atoms with Crippen LogP contribution in [-0.4, -0.2) is 72.3 Å². The van der Waals surface area contributed by atoms with Gasteiger partial charge in [-0.1, -0.05) is 20.8 Å². The van der Waals surface area contributed by atoms with Crippen molar-refractivity contribution in [2.24, 2.45) is 5.41 Å². The third-order valence-corrected chi connectivity index (χ3v) is 4.10. The van der Waals surface area contributed by atoms with E-state index in [4.69, 9.17) is 0 Å². The van der Waals surface area contributed by atoms with Crippen molar-refractivity contribution in [2.45, 2.75) is 47.5 Å². The van der Waals surface area contributed by atoms with E-state index in [9.17, 15) is 9.59 Å². The van der Waals surface area contributed by atoms with Gasteiger partial charge in [-0.3, -0.25) is 14.5 Å². The SMILES string of the molecule is CCN(CC)C(=O)CN1CCCN(C(=O)CC(C)(C)C)CC1. The normalized spacial score (nSPS) is 17.2. The first-order valence-corrected chi connectivity index (χ1v) is 8.54. The molecule has 0 aromatic heterocycles. The highest BCUT2D eigenvalue weighted by atomic mass is 16.2. The van der Waals surface area contributed by atoms with Crippen LogP contribution in [0.3, 0.4) is 0 Å². The minimum Gasteiger partial charge on any atom is -0.342 e. The van der Waals surface area contributed by atoms with Crippen LogP contribution in [0.25, 0.3) is 0 Å². The van der Waals surface area contributed by atoms with Crippen LogP contribution in [0, 0.1) is 5.41 Å². The van der Waals surface area contributed by atoms with Gasteiger partial charge in [0.1, 0.15) is 0 Å². The van der Waals surface area contributed by atoms with Crippen LogP contribution in [0.4, 0.5) is 0 Å². The van der Waals surface area contributed by atoms with Crippen molar-refractivity contribution < 1.29 is 9.59 Å². The smallest absolute Gasteiger partial charge is 0.236 e. The van der Waals surface area contributed by atoms with E-state index in [1.54, 1.807) is 0 Å². The van der Waals surface area contributed by atoms with Crippen LogP contribution >= 0.6 is 0 Å². The van der Waals surface area contributed by atoms with Crippen molar-refractivity contribution in [3.63, 3.8) is 0 Å². The molecule has 0 bridgehead atoms.